The number of amides is 2. The van der Waals surface area contributed by atoms with Gasteiger partial charge in [-0.25, -0.2) is 0 Å². The normalized spacial score (nSPS) is 16.8. The number of nitrogens with one attached hydrogen (secondary N) is 2. The van der Waals surface area contributed by atoms with Crippen LogP contribution in [0.1, 0.15) is 36.2 Å². The number of carbonyl (C=O) groups is 3. The Balaban J connectivity index is 2.06. The molecule has 1 heterocycles. The lowest BCUT2D eigenvalue weighted by molar-refractivity contribution is -0.150. The molecule has 1 atom stereocenters. The molecule has 0 aliphatic carbocycles. The Labute approximate surface area is 158 Å². The number of thiocarbonyl (C=S) groups is 1. The average molecular weight is 377 g/mol. The molecule has 7 nitrogen and oxygen atoms in total. The molecule has 1 aliphatic heterocycles. The van der Waals surface area contributed by atoms with Crippen molar-refractivity contribution in [1.82, 2.24) is 15.5 Å². The number of hydrogen-bond donors (Lipinski definition) is 2. The zero-order chi connectivity index (χ0) is 19.3. The largest absolute Gasteiger partial charge is 0.463 e. The smallest absolute Gasteiger partial charge is 0.308 e. The Hall–Kier alpha value is -2.48. The first-order valence-electron chi connectivity index (χ1n) is 8.43. The number of carbonyl (C=O) groups excluding carboxylic acids is 3. The maximum atomic E-state index is 12.3. The highest BCUT2D eigenvalue weighted by molar-refractivity contribution is 7.80. The standard InChI is InChI=1S/C18H23N3O4S/c1-11(2)25-15(22)10-14-17(24)19-8-9-21(14)18(26)20-16(23)13-6-4-12(3)5-7-13/h4-7,11,14H,8-10H2,1-3H3,(H,19,24)(H,20,23,26)/t14-/m0/s1. The van der Waals surface area contributed by atoms with Gasteiger partial charge in [0, 0.05) is 18.7 Å². The Morgan fingerprint density at radius 2 is 2.00 bits per heavy atom. The highest BCUT2D eigenvalue weighted by Gasteiger charge is 2.34. The van der Waals surface area contributed by atoms with Crippen molar-refractivity contribution in [3.63, 3.8) is 0 Å². The van der Waals surface area contributed by atoms with Gasteiger partial charge in [0.1, 0.15) is 6.04 Å². The van der Waals surface area contributed by atoms with Crippen LogP contribution < -0.4 is 10.6 Å². The van der Waals surface area contributed by atoms with Gasteiger partial charge in [-0.05, 0) is 45.1 Å². The fourth-order valence-corrected chi connectivity index (χ4v) is 2.89. The third-order valence-electron chi connectivity index (χ3n) is 3.85. The summed E-state index contributed by atoms with van der Waals surface area (Å²) in [6.45, 7) is 6.19. The van der Waals surface area contributed by atoms with Crippen LogP contribution in [0.25, 0.3) is 0 Å². The second-order valence-corrected chi connectivity index (χ2v) is 6.75. The van der Waals surface area contributed by atoms with E-state index in [1.54, 1.807) is 30.9 Å². The molecule has 0 radical (unpaired) electrons. The molecule has 0 saturated carbocycles. The highest BCUT2D eigenvalue weighted by Crippen LogP contribution is 2.12. The van der Waals surface area contributed by atoms with Gasteiger partial charge in [0.15, 0.2) is 5.11 Å². The van der Waals surface area contributed by atoms with Gasteiger partial charge in [0.2, 0.25) is 5.91 Å². The maximum absolute atomic E-state index is 12.3. The maximum Gasteiger partial charge on any atom is 0.308 e. The van der Waals surface area contributed by atoms with Crippen LogP contribution in [0.15, 0.2) is 24.3 Å². The van der Waals surface area contributed by atoms with E-state index in [-0.39, 0.29) is 29.5 Å². The predicted molar refractivity (Wildman–Crippen MR) is 101 cm³/mol. The predicted octanol–water partition coefficient (Wildman–Crippen LogP) is 1.15. The SMILES string of the molecule is Cc1ccc(C(=O)NC(=S)N2CCNC(=O)[C@@H]2CC(=O)OC(C)C)cc1. The van der Waals surface area contributed by atoms with Gasteiger partial charge in [-0.1, -0.05) is 17.7 Å². The Morgan fingerprint density at radius 3 is 2.62 bits per heavy atom. The number of aryl methyl sites for hydroxylation is 1. The third-order valence-corrected chi connectivity index (χ3v) is 4.19. The summed E-state index contributed by atoms with van der Waals surface area (Å²) < 4.78 is 5.11. The van der Waals surface area contributed by atoms with E-state index >= 15 is 0 Å². The number of benzene rings is 1. The average Bonchev–Trinajstić information content (AvgIpc) is 2.56. The van der Waals surface area contributed by atoms with Crippen LogP contribution in [-0.2, 0) is 14.3 Å². The summed E-state index contributed by atoms with van der Waals surface area (Å²) in [4.78, 5) is 38.0. The van der Waals surface area contributed by atoms with Crippen molar-refractivity contribution in [2.24, 2.45) is 0 Å². The highest BCUT2D eigenvalue weighted by atomic mass is 32.1. The minimum absolute atomic E-state index is 0.118. The molecular weight excluding hydrogens is 354 g/mol. The molecule has 2 amide bonds. The summed E-state index contributed by atoms with van der Waals surface area (Å²) in [5.74, 6) is -1.16. The van der Waals surface area contributed by atoms with Gasteiger partial charge in [0.25, 0.3) is 5.91 Å². The van der Waals surface area contributed by atoms with Crippen LogP contribution in [0.4, 0.5) is 0 Å². The number of piperazine rings is 1. The van der Waals surface area contributed by atoms with Crippen LogP contribution in [-0.4, -0.2) is 53.0 Å². The minimum Gasteiger partial charge on any atom is -0.463 e. The molecule has 2 N–H and O–H groups in total. The van der Waals surface area contributed by atoms with E-state index in [4.69, 9.17) is 17.0 Å². The molecule has 8 heteroatoms. The summed E-state index contributed by atoms with van der Waals surface area (Å²) in [6, 6.07) is 6.26. The zero-order valence-corrected chi connectivity index (χ0v) is 15.9. The first kappa shape index (κ1) is 19.8. The molecule has 1 saturated heterocycles. The van der Waals surface area contributed by atoms with Crippen molar-refractivity contribution < 1.29 is 19.1 Å². The molecule has 1 aromatic carbocycles. The first-order chi connectivity index (χ1) is 12.3. The Bertz CT molecular complexity index is 703. The van der Waals surface area contributed by atoms with Crippen molar-refractivity contribution in [2.45, 2.75) is 39.3 Å². The number of rotatable bonds is 4. The lowest BCUT2D eigenvalue weighted by Gasteiger charge is -2.36. The van der Waals surface area contributed by atoms with Crippen LogP contribution >= 0.6 is 12.2 Å². The van der Waals surface area contributed by atoms with Crippen molar-refractivity contribution in [3.8, 4) is 0 Å². The summed E-state index contributed by atoms with van der Waals surface area (Å²) in [5, 5.41) is 5.46. The molecule has 0 spiro atoms. The summed E-state index contributed by atoms with van der Waals surface area (Å²) in [5.41, 5.74) is 1.51. The Morgan fingerprint density at radius 1 is 1.35 bits per heavy atom. The van der Waals surface area contributed by atoms with E-state index < -0.39 is 12.0 Å². The van der Waals surface area contributed by atoms with Crippen molar-refractivity contribution >= 4 is 35.1 Å². The Kier molecular flexibility index (Phi) is 6.68. The van der Waals surface area contributed by atoms with E-state index in [0.29, 0.717) is 18.7 Å². The number of nitrogens with zero attached hydrogens (tertiary/aromatic N) is 1. The van der Waals surface area contributed by atoms with Crippen LogP contribution in [0.3, 0.4) is 0 Å². The second kappa shape index (κ2) is 8.75. The van der Waals surface area contributed by atoms with Crippen LogP contribution in [0.5, 0.6) is 0 Å². The fraction of sp³-hybridized carbons (Fsp3) is 0.444. The monoisotopic (exact) mass is 377 g/mol. The molecule has 140 valence electrons. The molecule has 1 aliphatic rings. The lowest BCUT2D eigenvalue weighted by atomic mass is 10.1. The van der Waals surface area contributed by atoms with Crippen LogP contribution in [0.2, 0.25) is 0 Å². The molecule has 2 rings (SSSR count). The van der Waals surface area contributed by atoms with Crippen molar-refractivity contribution in [1.29, 1.82) is 0 Å². The number of hydrogen-bond acceptors (Lipinski definition) is 5. The van der Waals surface area contributed by atoms with Gasteiger partial charge < -0.3 is 15.0 Å². The van der Waals surface area contributed by atoms with Gasteiger partial charge in [-0.3, -0.25) is 19.7 Å². The first-order valence-corrected chi connectivity index (χ1v) is 8.84. The molecule has 0 aromatic heterocycles. The second-order valence-electron chi connectivity index (χ2n) is 6.37. The number of ether oxygens (including phenoxy) is 1. The van der Waals surface area contributed by atoms with E-state index in [2.05, 4.69) is 10.6 Å². The molecule has 0 bridgehead atoms. The summed E-state index contributed by atoms with van der Waals surface area (Å²) >= 11 is 5.31. The van der Waals surface area contributed by atoms with Gasteiger partial charge in [-0.15, -0.1) is 0 Å². The van der Waals surface area contributed by atoms with Gasteiger partial charge in [-0.2, -0.15) is 0 Å². The molecule has 0 unspecified atom stereocenters. The fourth-order valence-electron chi connectivity index (χ4n) is 2.58. The van der Waals surface area contributed by atoms with Gasteiger partial charge >= 0.3 is 5.97 Å². The third kappa shape index (κ3) is 5.26. The summed E-state index contributed by atoms with van der Waals surface area (Å²) in [6.07, 6.45) is -0.402. The quantitative estimate of drug-likeness (QED) is 0.605. The number of esters is 1. The van der Waals surface area contributed by atoms with E-state index in [1.807, 2.05) is 19.1 Å². The van der Waals surface area contributed by atoms with Gasteiger partial charge in [0.05, 0.1) is 12.5 Å². The van der Waals surface area contributed by atoms with E-state index in [9.17, 15) is 14.4 Å². The minimum atomic E-state index is -0.805. The molecule has 1 fully saturated rings. The van der Waals surface area contributed by atoms with Crippen LogP contribution in [0, 0.1) is 6.92 Å². The zero-order valence-electron chi connectivity index (χ0n) is 15.1. The van der Waals surface area contributed by atoms with Crippen molar-refractivity contribution in [3.05, 3.63) is 35.4 Å². The summed E-state index contributed by atoms with van der Waals surface area (Å²) in [7, 11) is 0. The van der Waals surface area contributed by atoms with E-state index in [1.165, 1.54) is 0 Å². The lowest BCUT2D eigenvalue weighted by Crippen LogP contribution is -2.60. The molecular formula is C18H23N3O4S. The van der Waals surface area contributed by atoms with Crippen molar-refractivity contribution in [2.75, 3.05) is 13.1 Å². The molecule has 1 aromatic rings. The molecule has 26 heavy (non-hydrogen) atoms. The van der Waals surface area contributed by atoms with E-state index in [0.717, 1.165) is 5.56 Å². The topological polar surface area (TPSA) is 87.7 Å².